The molecule has 1 aliphatic carbocycles. The molecule has 1 aliphatic rings. The minimum atomic E-state index is 0.0180. The lowest BCUT2D eigenvalue weighted by Gasteiger charge is -2.26. The average molecular weight is 317 g/mol. The summed E-state index contributed by atoms with van der Waals surface area (Å²) in [6, 6.07) is 8.68. The number of rotatable bonds is 5. The normalized spacial score (nSPS) is 18.4. The van der Waals surface area contributed by atoms with Gasteiger partial charge in [-0.3, -0.25) is 4.99 Å². The van der Waals surface area contributed by atoms with Crippen LogP contribution in [0.4, 0.5) is 0 Å². The van der Waals surface area contributed by atoms with Crippen molar-refractivity contribution in [2.24, 2.45) is 4.99 Å². The number of fused-ring (bicyclic) bond motifs is 1. The highest BCUT2D eigenvalue weighted by molar-refractivity contribution is 5.80. The van der Waals surface area contributed by atoms with Gasteiger partial charge >= 0.3 is 0 Å². The Labute approximate surface area is 140 Å². The van der Waals surface area contributed by atoms with Crippen molar-refractivity contribution in [3.05, 3.63) is 35.4 Å². The van der Waals surface area contributed by atoms with Crippen molar-refractivity contribution in [3.63, 3.8) is 0 Å². The second-order valence-electron chi connectivity index (χ2n) is 7.18. The minimum absolute atomic E-state index is 0.0180. The van der Waals surface area contributed by atoms with Gasteiger partial charge in [-0.2, -0.15) is 0 Å². The summed E-state index contributed by atoms with van der Waals surface area (Å²) in [7, 11) is 1.80. The zero-order chi connectivity index (χ0) is 16.7. The Morgan fingerprint density at radius 1 is 1.30 bits per heavy atom. The lowest BCUT2D eigenvalue weighted by atomic mass is 9.89. The van der Waals surface area contributed by atoms with Crippen LogP contribution in [0.2, 0.25) is 0 Å². The first-order valence-corrected chi connectivity index (χ1v) is 8.68. The van der Waals surface area contributed by atoms with Crippen LogP contribution in [0.25, 0.3) is 0 Å². The molecule has 4 heteroatoms. The number of guanidine groups is 1. The topological polar surface area (TPSA) is 45.7 Å². The van der Waals surface area contributed by atoms with E-state index in [-0.39, 0.29) is 11.6 Å². The van der Waals surface area contributed by atoms with Crippen LogP contribution < -0.4 is 10.6 Å². The van der Waals surface area contributed by atoms with E-state index < -0.39 is 0 Å². The van der Waals surface area contributed by atoms with Gasteiger partial charge < -0.3 is 15.4 Å². The second kappa shape index (κ2) is 8.34. The molecule has 0 heterocycles. The first-order chi connectivity index (χ1) is 11.0. The van der Waals surface area contributed by atoms with E-state index in [4.69, 9.17) is 4.74 Å². The highest BCUT2D eigenvalue weighted by Crippen LogP contribution is 2.32. The van der Waals surface area contributed by atoms with Gasteiger partial charge in [-0.25, -0.2) is 0 Å². The molecule has 0 saturated carbocycles. The second-order valence-corrected chi connectivity index (χ2v) is 7.18. The van der Waals surface area contributed by atoms with Gasteiger partial charge in [0.1, 0.15) is 0 Å². The molecule has 0 aliphatic heterocycles. The molecule has 0 radical (unpaired) electrons. The number of ether oxygens (including phenoxy) is 1. The van der Waals surface area contributed by atoms with Crippen molar-refractivity contribution in [2.75, 3.05) is 20.2 Å². The highest BCUT2D eigenvalue weighted by atomic mass is 16.5. The zero-order valence-electron chi connectivity index (χ0n) is 15.0. The molecule has 128 valence electrons. The predicted molar refractivity (Wildman–Crippen MR) is 96.9 cm³/mol. The molecule has 1 aromatic carbocycles. The Hall–Kier alpha value is -1.55. The van der Waals surface area contributed by atoms with E-state index in [9.17, 15) is 0 Å². The summed E-state index contributed by atoms with van der Waals surface area (Å²) < 4.78 is 6.13. The van der Waals surface area contributed by atoms with E-state index >= 15 is 0 Å². The molecule has 0 bridgehead atoms. The van der Waals surface area contributed by atoms with Crippen molar-refractivity contribution < 1.29 is 4.74 Å². The van der Waals surface area contributed by atoms with Crippen LogP contribution in [0.15, 0.2) is 29.3 Å². The van der Waals surface area contributed by atoms with Crippen LogP contribution in [0.5, 0.6) is 0 Å². The summed E-state index contributed by atoms with van der Waals surface area (Å²) in [5.74, 6) is 0.848. The minimum Gasteiger partial charge on any atom is -0.373 e. The number of aryl methyl sites for hydroxylation is 1. The van der Waals surface area contributed by atoms with Crippen LogP contribution >= 0.6 is 0 Å². The molecular weight excluding hydrogens is 286 g/mol. The predicted octanol–water partition coefficient (Wildman–Crippen LogP) is 3.43. The summed E-state index contributed by atoms with van der Waals surface area (Å²) in [4.78, 5) is 4.24. The van der Waals surface area contributed by atoms with Crippen LogP contribution in [0.3, 0.4) is 0 Å². The van der Waals surface area contributed by atoms with Gasteiger partial charge in [-0.15, -0.1) is 0 Å². The van der Waals surface area contributed by atoms with Crippen molar-refractivity contribution >= 4 is 5.96 Å². The standard InChI is InChI=1S/C19H31N3O/c1-19(2,3)22-18(20-4)21-13-8-14-23-17-12-7-10-15-9-5-6-11-16(15)17/h5-6,9,11,17H,7-8,10,12-14H2,1-4H3,(H2,20,21,22). The van der Waals surface area contributed by atoms with Crippen LogP contribution in [0, 0.1) is 0 Å². The third-order valence-corrected chi connectivity index (χ3v) is 3.96. The Balaban J connectivity index is 1.70. The Morgan fingerprint density at radius 3 is 2.83 bits per heavy atom. The lowest BCUT2D eigenvalue weighted by Crippen LogP contribution is -2.47. The summed E-state index contributed by atoms with van der Waals surface area (Å²) >= 11 is 0. The lowest BCUT2D eigenvalue weighted by molar-refractivity contribution is 0.0398. The SMILES string of the molecule is CN=C(NCCCOC1CCCc2ccccc21)NC(C)(C)C. The molecule has 2 rings (SSSR count). The number of hydrogen-bond acceptors (Lipinski definition) is 2. The molecule has 1 atom stereocenters. The monoisotopic (exact) mass is 317 g/mol. The van der Waals surface area contributed by atoms with E-state index in [1.165, 1.54) is 24.0 Å². The number of aliphatic imine (C=N–C) groups is 1. The van der Waals surface area contributed by atoms with E-state index in [0.717, 1.165) is 32.0 Å². The molecule has 0 amide bonds. The number of hydrogen-bond donors (Lipinski definition) is 2. The van der Waals surface area contributed by atoms with Crippen molar-refractivity contribution in [1.29, 1.82) is 0 Å². The van der Waals surface area contributed by atoms with Gasteiger partial charge in [0.25, 0.3) is 0 Å². The Kier molecular flexibility index (Phi) is 6.46. The van der Waals surface area contributed by atoms with Crippen LogP contribution in [-0.4, -0.2) is 31.7 Å². The van der Waals surface area contributed by atoms with Gasteiger partial charge in [-0.05, 0) is 57.6 Å². The first kappa shape index (κ1) is 17.8. The smallest absolute Gasteiger partial charge is 0.191 e. The summed E-state index contributed by atoms with van der Waals surface area (Å²) in [5.41, 5.74) is 2.86. The Morgan fingerprint density at radius 2 is 2.09 bits per heavy atom. The maximum atomic E-state index is 6.13. The molecule has 0 spiro atoms. The fourth-order valence-corrected chi connectivity index (χ4v) is 2.92. The molecule has 4 nitrogen and oxygen atoms in total. The molecule has 2 N–H and O–H groups in total. The maximum absolute atomic E-state index is 6.13. The average Bonchev–Trinajstić information content (AvgIpc) is 2.52. The third kappa shape index (κ3) is 5.87. The quantitative estimate of drug-likeness (QED) is 0.497. The summed E-state index contributed by atoms with van der Waals surface area (Å²) in [6.45, 7) is 8.03. The van der Waals surface area contributed by atoms with Gasteiger partial charge in [-0.1, -0.05) is 24.3 Å². The molecular formula is C19H31N3O. The number of benzene rings is 1. The molecule has 1 aromatic rings. The Bertz CT molecular complexity index is 520. The molecule has 0 fully saturated rings. The first-order valence-electron chi connectivity index (χ1n) is 8.68. The van der Waals surface area contributed by atoms with Crippen LogP contribution in [0.1, 0.15) is 57.3 Å². The van der Waals surface area contributed by atoms with Crippen molar-refractivity contribution in [2.45, 2.75) is 58.1 Å². The van der Waals surface area contributed by atoms with Crippen LogP contribution in [-0.2, 0) is 11.2 Å². The number of nitrogens with one attached hydrogen (secondary N) is 2. The van der Waals surface area contributed by atoms with E-state index in [2.05, 4.69) is 60.7 Å². The van der Waals surface area contributed by atoms with Gasteiger partial charge in [0.15, 0.2) is 5.96 Å². The fraction of sp³-hybridized carbons (Fsp3) is 0.632. The van der Waals surface area contributed by atoms with Gasteiger partial charge in [0.05, 0.1) is 6.10 Å². The zero-order valence-corrected chi connectivity index (χ0v) is 15.0. The largest absolute Gasteiger partial charge is 0.373 e. The summed E-state index contributed by atoms with van der Waals surface area (Å²) in [6.07, 6.45) is 4.79. The fourth-order valence-electron chi connectivity index (χ4n) is 2.92. The highest BCUT2D eigenvalue weighted by Gasteiger charge is 2.19. The molecule has 0 saturated heterocycles. The van der Waals surface area contributed by atoms with Gasteiger partial charge in [0, 0.05) is 25.7 Å². The molecule has 23 heavy (non-hydrogen) atoms. The van der Waals surface area contributed by atoms with E-state index in [1.807, 2.05) is 0 Å². The molecule has 1 unspecified atom stereocenters. The number of nitrogens with zero attached hydrogens (tertiary/aromatic N) is 1. The van der Waals surface area contributed by atoms with E-state index in [1.54, 1.807) is 7.05 Å². The maximum Gasteiger partial charge on any atom is 0.191 e. The summed E-state index contributed by atoms with van der Waals surface area (Å²) in [5, 5.41) is 6.70. The van der Waals surface area contributed by atoms with Gasteiger partial charge in [0.2, 0.25) is 0 Å². The molecule has 0 aromatic heterocycles. The van der Waals surface area contributed by atoms with E-state index in [0.29, 0.717) is 0 Å². The van der Waals surface area contributed by atoms with Crippen molar-refractivity contribution in [1.82, 2.24) is 10.6 Å². The third-order valence-electron chi connectivity index (χ3n) is 3.96. The van der Waals surface area contributed by atoms with Crippen molar-refractivity contribution in [3.8, 4) is 0 Å².